The van der Waals surface area contributed by atoms with Gasteiger partial charge in [0.15, 0.2) is 0 Å². The highest BCUT2D eigenvalue weighted by molar-refractivity contribution is 6.47. The van der Waals surface area contributed by atoms with Crippen molar-refractivity contribution in [2.75, 3.05) is 7.11 Å². The fraction of sp³-hybridized carbons (Fsp3) is 0.222. The molecule has 0 aromatic rings. The molecule has 94 valence electrons. The number of carbonyl (C=O) groups excluding carboxylic acids is 1. The maximum atomic E-state index is 13.7. The van der Waals surface area contributed by atoms with Crippen molar-refractivity contribution in [3.05, 3.63) is 32.5 Å². The molecule has 18 heavy (non-hydrogen) atoms. The monoisotopic (exact) mass is 273 g/mol. The molecule has 1 rings (SSSR count). The second-order valence-corrected chi connectivity index (χ2v) is 3.39. The minimum Gasteiger partial charge on any atom is -0.399 e. The van der Waals surface area contributed by atoms with Crippen LogP contribution in [0.4, 0.5) is 4.39 Å². The molecule has 9 heteroatoms. The standard InChI is InChI=1S/C9H5ClFN3O4/c1-18-13-9-7(10)4(6(15)3-12)2-5(8(9)11)14(16)17/h2,8H,1H3. The summed E-state index contributed by atoms with van der Waals surface area (Å²) in [4.78, 5) is 25.1. The summed E-state index contributed by atoms with van der Waals surface area (Å²) in [6.45, 7) is 0. The van der Waals surface area contributed by atoms with Crippen molar-refractivity contribution in [2.45, 2.75) is 6.17 Å². The Balaban J connectivity index is 3.47. The van der Waals surface area contributed by atoms with Crippen LogP contribution in [0.5, 0.6) is 0 Å². The van der Waals surface area contributed by atoms with Gasteiger partial charge in [0.05, 0.1) is 15.5 Å². The van der Waals surface area contributed by atoms with Crippen LogP contribution >= 0.6 is 11.6 Å². The second kappa shape index (κ2) is 5.37. The molecule has 0 fully saturated rings. The minimum atomic E-state index is -2.23. The minimum absolute atomic E-state index is 0.485. The number of rotatable bonds is 3. The lowest BCUT2D eigenvalue weighted by Crippen LogP contribution is -2.28. The number of allylic oxidation sites excluding steroid dienone is 4. The van der Waals surface area contributed by atoms with Crippen molar-refractivity contribution in [1.82, 2.24) is 0 Å². The lowest BCUT2D eigenvalue weighted by Gasteiger charge is -2.14. The number of alkyl halides is 1. The number of Topliss-reactive ketones (excluding diaryl/α,β-unsaturated/α-hetero) is 1. The van der Waals surface area contributed by atoms with Gasteiger partial charge in [0.2, 0.25) is 6.17 Å². The van der Waals surface area contributed by atoms with Gasteiger partial charge in [0.1, 0.15) is 18.9 Å². The Labute approximate surface area is 105 Å². The molecule has 0 aliphatic heterocycles. The number of nitro groups is 1. The first kappa shape index (κ1) is 13.8. The van der Waals surface area contributed by atoms with Gasteiger partial charge in [-0.1, -0.05) is 16.8 Å². The number of halogens is 2. The van der Waals surface area contributed by atoms with Gasteiger partial charge in [-0.2, -0.15) is 5.26 Å². The molecule has 0 bridgehead atoms. The van der Waals surface area contributed by atoms with Crippen LogP contribution in [0.25, 0.3) is 0 Å². The van der Waals surface area contributed by atoms with E-state index in [-0.39, 0.29) is 0 Å². The van der Waals surface area contributed by atoms with Gasteiger partial charge in [-0.15, -0.1) is 0 Å². The zero-order valence-electron chi connectivity index (χ0n) is 8.89. The largest absolute Gasteiger partial charge is 0.399 e. The highest BCUT2D eigenvalue weighted by Crippen LogP contribution is 2.28. The van der Waals surface area contributed by atoms with E-state index in [1.54, 1.807) is 0 Å². The number of nitrogens with zero attached hydrogens (tertiary/aromatic N) is 3. The maximum absolute atomic E-state index is 13.7. The fourth-order valence-electron chi connectivity index (χ4n) is 1.23. The Hall–Kier alpha value is -2.27. The van der Waals surface area contributed by atoms with E-state index in [0.29, 0.717) is 6.08 Å². The van der Waals surface area contributed by atoms with Crippen LogP contribution in [0.2, 0.25) is 0 Å². The molecule has 1 aliphatic rings. The highest BCUT2D eigenvalue weighted by atomic mass is 35.5. The van der Waals surface area contributed by atoms with E-state index in [1.807, 2.05) is 0 Å². The Kier molecular flexibility index (Phi) is 4.12. The van der Waals surface area contributed by atoms with E-state index in [4.69, 9.17) is 16.9 Å². The first-order valence-corrected chi connectivity index (χ1v) is 4.77. The Morgan fingerprint density at radius 1 is 1.78 bits per heavy atom. The third kappa shape index (κ3) is 2.36. The summed E-state index contributed by atoms with van der Waals surface area (Å²) in [6.07, 6.45) is -1.62. The average molecular weight is 274 g/mol. The van der Waals surface area contributed by atoms with Crippen LogP contribution in [0.3, 0.4) is 0 Å². The summed E-state index contributed by atoms with van der Waals surface area (Å²) in [6, 6.07) is 1.24. The smallest absolute Gasteiger partial charge is 0.287 e. The van der Waals surface area contributed by atoms with Gasteiger partial charge in [-0.25, -0.2) is 4.39 Å². The number of nitriles is 1. The lowest BCUT2D eigenvalue weighted by molar-refractivity contribution is -0.431. The van der Waals surface area contributed by atoms with Crippen molar-refractivity contribution in [3.8, 4) is 6.07 Å². The molecule has 0 radical (unpaired) electrons. The highest BCUT2D eigenvalue weighted by Gasteiger charge is 2.39. The third-order valence-electron chi connectivity index (χ3n) is 2.00. The molecule has 1 aliphatic carbocycles. The Morgan fingerprint density at radius 3 is 2.83 bits per heavy atom. The van der Waals surface area contributed by atoms with Crippen LogP contribution in [0.1, 0.15) is 0 Å². The van der Waals surface area contributed by atoms with Crippen LogP contribution in [0, 0.1) is 21.4 Å². The molecule has 0 amide bonds. The molecule has 0 saturated heterocycles. The Morgan fingerprint density at radius 2 is 2.39 bits per heavy atom. The molecule has 0 aromatic heterocycles. The number of carbonyl (C=O) groups is 1. The van der Waals surface area contributed by atoms with Crippen molar-refractivity contribution in [2.24, 2.45) is 5.16 Å². The van der Waals surface area contributed by atoms with E-state index in [9.17, 15) is 19.3 Å². The number of hydrogen-bond acceptors (Lipinski definition) is 6. The first-order chi connectivity index (χ1) is 8.43. The summed E-state index contributed by atoms with van der Waals surface area (Å²) in [5.41, 5.74) is -2.05. The number of hydrogen-bond donors (Lipinski definition) is 0. The molecular formula is C9H5ClFN3O4. The van der Waals surface area contributed by atoms with Gasteiger partial charge in [-0.05, 0) is 0 Å². The van der Waals surface area contributed by atoms with Crippen LogP contribution in [-0.2, 0) is 9.63 Å². The van der Waals surface area contributed by atoms with Gasteiger partial charge in [-0.3, -0.25) is 14.9 Å². The van der Waals surface area contributed by atoms with Crippen LogP contribution in [-0.4, -0.2) is 29.7 Å². The van der Waals surface area contributed by atoms with Gasteiger partial charge < -0.3 is 4.84 Å². The summed E-state index contributed by atoms with van der Waals surface area (Å²) < 4.78 is 13.7. The van der Waals surface area contributed by atoms with Crippen molar-refractivity contribution in [1.29, 1.82) is 5.26 Å². The zero-order chi connectivity index (χ0) is 13.9. The predicted octanol–water partition coefficient (Wildman–Crippen LogP) is 1.09. The molecule has 0 heterocycles. The van der Waals surface area contributed by atoms with Gasteiger partial charge in [0.25, 0.3) is 11.5 Å². The maximum Gasteiger partial charge on any atom is 0.287 e. The normalized spacial score (nSPS) is 21.3. The van der Waals surface area contributed by atoms with Crippen molar-refractivity contribution >= 4 is 23.1 Å². The predicted molar refractivity (Wildman–Crippen MR) is 57.9 cm³/mol. The third-order valence-corrected chi connectivity index (χ3v) is 2.40. The fourth-order valence-corrected chi connectivity index (χ4v) is 1.50. The SMILES string of the molecule is CON=C1C(Cl)=C(C(=O)C#N)C=C([N+](=O)[O-])C1F. The molecule has 0 N–H and O–H groups in total. The molecule has 7 nitrogen and oxygen atoms in total. The Bertz CT molecular complexity index is 547. The van der Waals surface area contributed by atoms with Gasteiger partial charge >= 0.3 is 0 Å². The van der Waals surface area contributed by atoms with E-state index in [2.05, 4.69) is 9.99 Å². The van der Waals surface area contributed by atoms with E-state index in [1.165, 1.54) is 6.07 Å². The van der Waals surface area contributed by atoms with Crippen LogP contribution < -0.4 is 0 Å². The summed E-state index contributed by atoms with van der Waals surface area (Å²) in [5.74, 6) is -1.13. The zero-order valence-corrected chi connectivity index (χ0v) is 9.64. The lowest BCUT2D eigenvalue weighted by atomic mass is 9.98. The molecule has 0 spiro atoms. The molecule has 1 unspecified atom stereocenters. The van der Waals surface area contributed by atoms with Crippen LogP contribution in [0.15, 0.2) is 27.5 Å². The number of ketones is 1. The summed E-state index contributed by atoms with van der Waals surface area (Å²) in [7, 11) is 1.08. The first-order valence-electron chi connectivity index (χ1n) is 4.39. The van der Waals surface area contributed by atoms with Crippen molar-refractivity contribution < 1.29 is 18.9 Å². The second-order valence-electron chi connectivity index (χ2n) is 3.02. The van der Waals surface area contributed by atoms with E-state index in [0.717, 1.165) is 7.11 Å². The van der Waals surface area contributed by atoms with Crippen molar-refractivity contribution in [3.63, 3.8) is 0 Å². The van der Waals surface area contributed by atoms with E-state index < -0.39 is 38.9 Å². The average Bonchev–Trinajstić information content (AvgIpc) is 2.33. The van der Waals surface area contributed by atoms with E-state index >= 15 is 0 Å². The topological polar surface area (TPSA) is 106 Å². The summed E-state index contributed by atoms with van der Waals surface area (Å²) in [5, 5.41) is 21.8. The van der Waals surface area contributed by atoms with Gasteiger partial charge in [0, 0.05) is 6.08 Å². The number of oxime groups is 1. The molecule has 1 atom stereocenters. The summed E-state index contributed by atoms with van der Waals surface area (Å²) >= 11 is 5.66. The molecule has 0 saturated carbocycles. The molecule has 0 aromatic carbocycles. The molecular weight excluding hydrogens is 269 g/mol. The quantitative estimate of drug-likeness (QED) is 0.435.